The zero-order valence-corrected chi connectivity index (χ0v) is 15.4. The van der Waals surface area contributed by atoms with Crippen LogP contribution in [-0.2, 0) is 11.2 Å². The minimum Gasteiger partial charge on any atom is -0.669 e. The molecule has 0 unspecified atom stereocenters. The normalized spacial score (nSPS) is 22.7. The fraction of sp³-hybridized carbons (Fsp3) is 0.579. The van der Waals surface area contributed by atoms with Crippen molar-refractivity contribution in [3.63, 3.8) is 0 Å². The van der Waals surface area contributed by atoms with Gasteiger partial charge < -0.3 is 39.6 Å². The Hall–Kier alpha value is -2.30. The van der Waals surface area contributed by atoms with E-state index in [2.05, 4.69) is 5.32 Å². The Morgan fingerprint density at radius 3 is 2.76 bits per heavy atom. The minimum atomic E-state index is -3.10. The number of carbonyl (C=O) groups is 2. The van der Waals surface area contributed by atoms with Gasteiger partial charge in [-0.1, -0.05) is 19.8 Å². The number of nitrogens with one attached hydrogen (secondary N) is 1. The zero-order chi connectivity index (χ0) is 19.9. The maximum absolute atomic E-state index is 12.3. The molecule has 4 rings (SSSR count). The number of carboxylic acids is 1. The van der Waals surface area contributed by atoms with Gasteiger partial charge in [0.1, 0.15) is 11.9 Å². The van der Waals surface area contributed by atoms with E-state index in [1.54, 1.807) is 11.0 Å². The number of fused-ring (bicyclic) bond motifs is 1. The number of carboxylic acid groups (broad SMARTS) is 1. The number of nitrogens with zero attached hydrogens (tertiary/aromatic N) is 1. The lowest BCUT2D eigenvalue weighted by Gasteiger charge is -2.41. The first kappa shape index (κ1) is 21.4. The Labute approximate surface area is 169 Å². The van der Waals surface area contributed by atoms with Crippen molar-refractivity contribution in [2.45, 2.75) is 39.1 Å². The van der Waals surface area contributed by atoms with Crippen LogP contribution >= 0.6 is 0 Å². The van der Waals surface area contributed by atoms with Gasteiger partial charge in [-0.05, 0) is 43.5 Å². The number of benzene rings is 1. The molecule has 29 heavy (non-hydrogen) atoms. The van der Waals surface area contributed by atoms with Crippen molar-refractivity contribution >= 4 is 18.6 Å². The molecule has 1 amide bonds. The number of ether oxygens (including phenoxy) is 1. The highest BCUT2D eigenvalue weighted by Crippen LogP contribution is 2.38. The van der Waals surface area contributed by atoms with Crippen LogP contribution in [0.3, 0.4) is 0 Å². The molecule has 3 heterocycles. The lowest BCUT2D eigenvalue weighted by Crippen LogP contribution is -2.56. The number of aromatic carboxylic acids is 1. The molecule has 1 atom stereocenters. The Morgan fingerprint density at radius 1 is 1.34 bits per heavy atom. The van der Waals surface area contributed by atoms with E-state index in [4.69, 9.17) is 9.39 Å². The van der Waals surface area contributed by atoms with Crippen LogP contribution in [0.2, 0.25) is 6.32 Å². The highest BCUT2D eigenvalue weighted by atomic mass is 16.6. The van der Waals surface area contributed by atoms with Gasteiger partial charge in [0.2, 0.25) is 5.91 Å². The average molecular weight is 406 g/mol. The van der Waals surface area contributed by atoms with Crippen LogP contribution < -0.4 is 19.8 Å². The number of rotatable bonds is 5. The number of likely N-dealkylation sites (tertiary alicyclic amines) is 1. The summed E-state index contributed by atoms with van der Waals surface area (Å²) in [6.07, 6.45) is 1.46. The van der Waals surface area contributed by atoms with Gasteiger partial charge in [-0.25, -0.2) is 0 Å². The van der Waals surface area contributed by atoms with Crippen molar-refractivity contribution in [3.05, 3.63) is 23.3 Å². The van der Waals surface area contributed by atoms with Crippen LogP contribution in [-0.4, -0.2) is 65.9 Å². The molecule has 0 radical (unpaired) electrons. The molecule has 2 saturated heterocycles. The smallest absolute Gasteiger partial charge is 0.430 e. The van der Waals surface area contributed by atoms with E-state index < -0.39 is 12.7 Å². The highest BCUT2D eigenvalue weighted by Gasteiger charge is 2.35. The summed E-state index contributed by atoms with van der Waals surface area (Å²) >= 11 is 0. The monoisotopic (exact) mass is 406 g/mol. The summed E-state index contributed by atoms with van der Waals surface area (Å²) in [5.41, 5.74) is 0.232. The van der Waals surface area contributed by atoms with Crippen molar-refractivity contribution in [2.75, 3.05) is 26.2 Å². The largest absolute Gasteiger partial charge is 0.669 e. The van der Waals surface area contributed by atoms with Crippen molar-refractivity contribution < 1.29 is 34.1 Å². The topological polar surface area (TPSA) is 131 Å². The second-order valence-corrected chi connectivity index (χ2v) is 7.83. The molecule has 0 bridgehead atoms. The van der Waals surface area contributed by atoms with Gasteiger partial charge in [-0.15, -0.1) is 0 Å². The predicted molar refractivity (Wildman–Crippen MR) is 103 cm³/mol. The number of aryl methyl sites for hydroxylation is 1. The van der Waals surface area contributed by atoms with E-state index in [0.29, 0.717) is 31.0 Å². The van der Waals surface area contributed by atoms with Gasteiger partial charge in [0, 0.05) is 6.42 Å². The molecule has 160 valence electrons. The minimum absolute atomic E-state index is 0. The van der Waals surface area contributed by atoms with E-state index >= 15 is 0 Å². The molecule has 10 heteroatoms. The standard InChI is InChI=1S/C18H24BN2O7.CH4/c22-15(7-11-4-6-20-8-11)21-9-13(10-21)27-14-2-1-12-3-5-19(25,26)28-17(12)16(14)18(23)24;/h1-2,11,13,20,25-26H,3-10H2,(H,23,24);1H4/q-1;/p-1/t11-;/m0./s1. The molecule has 3 aliphatic rings. The van der Waals surface area contributed by atoms with E-state index in [1.165, 1.54) is 6.07 Å². The zero-order valence-electron chi connectivity index (χ0n) is 15.4. The molecule has 9 nitrogen and oxygen atoms in total. The Balaban J connectivity index is 0.00000240. The molecule has 3 N–H and O–H groups in total. The fourth-order valence-corrected chi connectivity index (χ4v) is 3.98. The summed E-state index contributed by atoms with van der Waals surface area (Å²) in [5.74, 6) is -1.13. The second-order valence-electron chi connectivity index (χ2n) is 7.83. The number of carbonyl (C=O) groups excluding carboxylic acids is 2. The summed E-state index contributed by atoms with van der Waals surface area (Å²) in [4.78, 5) is 25.6. The predicted octanol–water partition coefficient (Wildman–Crippen LogP) is -0.866. The first-order valence-electron chi connectivity index (χ1n) is 9.64. The third kappa shape index (κ3) is 4.49. The van der Waals surface area contributed by atoms with Gasteiger partial charge >= 0.3 is 6.75 Å². The molecular weight excluding hydrogens is 379 g/mol. The van der Waals surface area contributed by atoms with Crippen LogP contribution in [0.5, 0.6) is 11.5 Å². The molecule has 0 aliphatic carbocycles. The fourth-order valence-electron chi connectivity index (χ4n) is 3.98. The summed E-state index contributed by atoms with van der Waals surface area (Å²) in [6.45, 7) is -0.520. The van der Waals surface area contributed by atoms with E-state index in [1.807, 2.05) is 0 Å². The first-order chi connectivity index (χ1) is 13.3. The number of amides is 1. The van der Waals surface area contributed by atoms with Gasteiger partial charge in [-0.3, -0.25) is 4.79 Å². The third-order valence-electron chi connectivity index (χ3n) is 5.62. The van der Waals surface area contributed by atoms with E-state index in [0.717, 1.165) is 19.5 Å². The van der Waals surface area contributed by atoms with Gasteiger partial charge in [0.05, 0.1) is 30.4 Å². The van der Waals surface area contributed by atoms with Crippen LogP contribution in [0.15, 0.2) is 12.1 Å². The van der Waals surface area contributed by atoms with Gasteiger partial charge in [0.25, 0.3) is 0 Å². The van der Waals surface area contributed by atoms with Crippen molar-refractivity contribution in [1.82, 2.24) is 10.2 Å². The molecule has 0 saturated carbocycles. The SMILES string of the molecule is C.O=C([O-])c1c(OC2CN(C(=O)C[C@@H]3CCNC3)C2)ccc2c1O[B-](O)(O)CC2. The summed E-state index contributed by atoms with van der Waals surface area (Å²) < 4.78 is 10.9. The van der Waals surface area contributed by atoms with Crippen molar-refractivity contribution in [3.8, 4) is 11.5 Å². The van der Waals surface area contributed by atoms with E-state index in [9.17, 15) is 24.7 Å². The Morgan fingerprint density at radius 2 is 2.10 bits per heavy atom. The second kappa shape index (κ2) is 8.21. The molecule has 1 aromatic carbocycles. The maximum atomic E-state index is 12.3. The van der Waals surface area contributed by atoms with Crippen molar-refractivity contribution in [1.29, 1.82) is 0 Å². The number of hydrogen-bond acceptors (Lipinski definition) is 8. The summed E-state index contributed by atoms with van der Waals surface area (Å²) in [6, 6.07) is 3.17. The third-order valence-corrected chi connectivity index (χ3v) is 5.62. The Bertz CT molecular complexity index is 789. The van der Waals surface area contributed by atoms with Crippen molar-refractivity contribution in [2.24, 2.45) is 5.92 Å². The summed E-state index contributed by atoms with van der Waals surface area (Å²) in [7, 11) is 0. The highest BCUT2D eigenvalue weighted by molar-refractivity contribution is 6.59. The van der Waals surface area contributed by atoms with Gasteiger partial charge in [0.15, 0.2) is 0 Å². The van der Waals surface area contributed by atoms with Crippen LogP contribution in [0.4, 0.5) is 0 Å². The van der Waals surface area contributed by atoms with Crippen LogP contribution in [0.1, 0.15) is 36.2 Å². The molecule has 2 fully saturated rings. The van der Waals surface area contributed by atoms with E-state index in [-0.39, 0.29) is 49.2 Å². The lowest BCUT2D eigenvalue weighted by atomic mass is 9.70. The first-order valence-corrected chi connectivity index (χ1v) is 9.64. The molecule has 1 aromatic rings. The quantitative estimate of drug-likeness (QED) is 0.538. The molecular formula is C19H27BN2O7-2. The molecule has 3 aliphatic heterocycles. The van der Waals surface area contributed by atoms with Gasteiger partial charge in [-0.2, -0.15) is 0 Å². The van der Waals surface area contributed by atoms with Crippen LogP contribution in [0.25, 0.3) is 0 Å². The van der Waals surface area contributed by atoms with Crippen LogP contribution in [0, 0.1) is 5.92 Å². The lowest BCUT2D eigenvalue weighted by molar-refractivity contribution is -0.255. The molecule has 0 aromatic heterocycles. The average Bonchev–Trinajstić information content (AvgIpc) is 3.08. The number of hydrogen-bond donors (Lipinski definition) is 3. The maximum Gasteiger partial charge on any atom is 0.430 e. The summed E-state index contributed by atoms with van der Waals surface area (Å²) in [5, 5.41) is 34.4. The Kier molecular flexibility index (Phi) is 6.07. The molecule has 0 spiro atoms.